The van der Waals surface area contributed by atoms with Gasteiger partial charge in [-0.05, 0) is 54.1 Å². The van der Waals surface area contributed by atoms with Crippen molar-refractivity contribution in [3.05, 3.63) is 100 Å². The molecule has 0 heterocycles. The van der Waals surface area contributed by atoms with Gasteiger partial charge in [0.15, 0.2) is 0 Å². The molecule has 3 rings (SSSR count). The molecule has 3 aromatic carbocycles. The number of carbonyl (C=O) groups is 3. The van der Waals surface area contributed by atoms with Crippen LogP contribution < -0.4 is 10.1 Å². The number of hydrogen-bond donors (Lipinski definition) is 2. The monoisotopic (exact) mass is 446 g/mol. The first kappa shape index (κ1) is 22.3. The number of nitriles is 1. The molecular weight excluding hydrogens is 432 g/mol. The summed E-state index contributed by atoms with van der Waals surface area (Å²) in [6.45, 7) is 0. The number of carboxylic acid groups (broad SMARTS) is 1. The summed E-state index contributed by atoms with van der Waals surface area (Å²) in [5.41, 5.74) is 0.560. The Morgan fingerprint density at radius 2 is 1.72 bits per heavy atom. The number of nitrogens with zero attached hydrogens (tertiary/aromatic N) is 1. The maximum atomic E-state index is 12.4. The summed E-state index contributed by atoms with van der Waals surface area (Å²) in [7, 11) is 0. The molecule has 0 aliphatic rings. The van der Waals surface area contributed by atoms with Crippen LogP contribution in [0.2, 0.25) is 5.02 Å². The highest BCUT2D eigenvalue weighted by Crippen LogP contribution is 2.19. The van der Waals surface area contributed by atoms with Gasteiger partial charge < -0.3 is 15.2 Å². The second-order valence-electron chi connectivity index (χ2n) is 6.44. The van der Waals surface area contributed by atoms with Crippen LogP contribution >= 0.6 is 11.6 Å². The Balaban J connectivity index is 1.72. The fraction of sp³-hybridized carbons (Fsp3) is 0. The summed E-state index contributed by atoms with van der Waals surface area (Å²) in [6.07, 6.45) is 1.33. The number of hydrogen-bond acceptors (Lipinski definition) is 5. The molecule has 3 aromatic rings. The van der Waals surface area contributed by atoms with E-state index < -0.39 is 17.8 Å². The maximum absolute atomic E-state index is 12.4. The van der Waals surface area contributed by atoms with E-state index in [2.05, 4.69) is 5.32 Å². The third-order valence-electron chi connectivity index (χ3n) is 4.23. The van der Waals surface area contributed by atoms with E-state index in [4.69, 9.17) is 16.3 Å². The number of anilines is 1. The summed E-state index contributed by atoms with van der Waals surface area (Å²) in [5.74, 6) is -2.26. The summed E-state index contributed by atoms with van der Waals surface area (Å²) in [5, 5.41) is 21.4. The fourth-order valence-electron chi connectivity index (χ4n) is 2.70. The SMILES string of the molecule is N#C/C(=C\c1ccc(OC(=O)c2cccc(Cl)c2)cc1)C(=O)Nc1ccccc1C(=O)O. The zero-order chi connectivity index (χ0) is 23.1. The first-order chi connectivity index (χ1) is 15.4. The Kier molecular flexibility index (Phi) is 7.01. The molecule has 0 aliphatic heterocycles. The minimum Gasteiger partial charge on any atom is -0.478 e. The zero-order valence-electron chi connectivity index (χ0n) is 16.4. The van der Waals surface area contributed by atoms with Crippen molar-refractivity contribution in [1.82, 2.24) is 0 Å². The molecule has 0 spiro atoms. The molecule has 32 heavy (non-hydrogen) atoms. The third-order valence-corrected chi connectivity index (χ3v) is 4.47. The number of esters is 1. The zero-order valence-corrected chi connectivity index (χ0v) is 17.2. The van der Waals surface area contributed by atoms with Gasteiger partial charge in [-0.15, -0.1) is 0 Å². The highest BCUT2D eigenvalue weighted by atomic mass is 35.5. The van der Waals surface area contributed by atoms with Crippen molar-refractivity contribution in [2.75, 3.05) is 5.32 Å². The number of benzene rings is 3. The van der Waals surface area contributed by atoms with Gasteiger partial charge in [0.1, 0.15) is 17.4 Å². The second-order valence-corrected chi connectivity index (χ2v) is 6.88. The molecule has 0 aromatic heterocycles. The van der Waals surface area contributed by atoms with Gasteiger partial charge in [0.2, 0.25) is 0 Å². The van der Waals surface area contributed by atoms with Crippen molar-refractivity contribution in [2.45, 2.75) is 0 Å². The van der Waals surface area contributed by atoms with Gasteiger partial charge in [0.05, 0.1) is 16.8 Å². The number of halogens is 1. The van der Waals surface area contributed by atoms with Gasteiger partial charge >= 0.3 is 11.9 Å². The van der Waals surface area contributed by atoms with Crippen molar-refractivity contribution in [2.24, 2.45) is 0 Å². The van der Waals surface area contributed by atoms with Crippen LogP contribution in [0.4, 0.5) is 5.69 Å². The minimum absolute atomic E-state index is 0.0782. The quantitative estimate of drug-likeness (QED) is 0.243. The molecular formula is C24H15ClN2O5. The second kappa shape index (κ2) is 10.1. The highest BCUT2D eigenvalue weighted by molar-refractivity contribution is 6.30. The Morgan fingerprint density at radius 1 is 1.00 bits per heavy atom. The Hall–Kier alpha value is -4.41. The van der Waals surface area contributed by atoms with Gasteiger partial charge in [0.25, 0.3) is 5.91 Å². The smallest absolute Gasteiger partial charge is 0.343 e. The van der Waals surface area contributed by atoms with Gasteiger partial charge in [-0.3, -0.25) is 4.79 Å². The van der Waals surface area contributed by atoms with E-state index in [-0.39, 0.29) is 22.6 Å². The maximum Gasteiger partial charge on any atom is 0.343 e. The first-order valence-electron chi connectivity index (χ1n) is 9.20. The lowest BCUT2D eigenvalue weighted by molar-refractivity contribution is -0.112. The molecule has 0 bridgehead atoms. The lowest BCUT2D eigenvalue weighted by atomic mass is 10.1. The van der Waals surface area contributed by atoms with E-state index in [9.17, 15) is 24.8 Å². The van der Waals surface area contributed by atoms with Crippen LogP contribution in [0.3, 0.4) is 0 Å². The Morgan fingerprint density at radius 3 is 2.38 bits per heavy atom. The van der Waals surface area contributed by atoms with Crippen LogP contribution in [0.25, 0.3) is 6.08 Å². The lowest BCUT2D eigenvalue weighted by Gasteiger charge is -2.08. The number of carboxylic acids is 1. The van der Waals surface area contributed by atoms with Crippen LogP contribution in [0.5, 0.6) is 5.75 Å². The topological polar surface area (TPSA) is 116 Å². The summed E-state index contributed by atoms with van der Waals surface area (Å²) in [6, 6.07) is 20.2. The van der Waals surface area contributed by atoms with Crippen LogP contribution in [-0.2, 0) is 4.79 Å². The van der Waals surface area contributed by atoms with Crippen molar-refractivity contribution >= 4 is 41.2 Å². The lowest BCUT2D eigenvalue weighted by Crippen LogP contribution is -2.16. The summed E-state index contributed by atoms with van der Waals surface area (Å²) >= 11 is 5.87. The molecule has 0 saturated heterocycles. The Labute approximate surface area is 188 Å². The van der Waals surface area contributed by atoms with Crippen LogP contribution in [0.1, 0.15) is 26.3 Å². The van der Waals surface area contributed by atoms with E-state index >= 15 is 0 Å². The molecule has 0 aliphatic carbocycles. The van der Waals surface area contributed by atoms with Crippen molar-refractivity contribution in [3.8, 4) is 11.8 Å². The van der Waals surface area contributed by atoms with E-state index in [1.54, 1.807) is 42.5 Å². The molecule has 7 nitrogen and oxygen atoms in total. The highest BCUT2D eigenvalue weighted by Gasteiger charge is 2.15. The molecule has 2 N–H and O–H groups in total. The van der Waals surface area contributed by atoms with E-state index in [0.29, 0.717) is 16.1 Å². The van der Waals surface area contributed by atoms with Gasteiger partial charge in [-0.25, -0.2) is 9.59 Å². The summed E-state index contributed by atoms with van der Waals surface area (Å²) in [4.78, 5) is 35.9. The van der Waals surface area contributed by atoms with E-state index in [1.807, 2.05) is 0 Å². The molecule has 0 saturated carbocycles. The minimum atomic E-state index is -1.20. The van der Waals surface area contributed by atoms with Crippen molar-refractivity contribution in [1.29, 1.82) is 5.26 Å². The number of aromatic carboxylic acids is 1. The Bertz CT molecular complexity index is 1260. The third kappa shape index (κ3) is 5.59. The average molecular weight is 447 g/mol. The molecule has 0 fully saturated rings. The normalized spacial score (nSPS) is 10.7. The molecule has 0 radical (unpaired) electrons. The number of para-hydroxylation sites is 1. The van der Waals surface area contributed by atoms with Gasteiger partial charge in [0, 0.05) is 5.02 Å². The molecule has 8 heteroatoms. The number of rotatable bonds is 6. The van der Waals surface area contributed by atoms with Crippen LogP contribution in [0.15, 0.2) is 78.4 Å². The van der Waals surface area contributed by atoms with E-state index in [0.717, 1.165) is 0 Å². The fourth-order valence-corrected chi connectivity index (χ4v) is 2.89. The summed E-state index contributed by atoms with van der Waals surface area (Å²) < 4.78 is 5.29. The van der Waals surface area contributed by atoms with Crippen LogP contribution in [-0.4, -0.2) is 23.0 Å². The molecule has 1 amide bonds. The number of nitrogens with one attached hydrogen (secondary N) is 1. The van der Waals surface area contributed by atoms with Crippen LogP contribution in [0, 0.1) is 11.3 Å². The molecule has 0 atom stereocenters. The first-order valence-corrected chi connectivity index (χ1v) is 9.58. The molecule has 0 unspecified atom stereocenters. The largest absolute Gasteiger partial charge is 0.478 e. The predicted molar refractivity (Wildman–Crippen MR) is 118 cm³/mol. The average Bonchev–Trinajstić information content (AvgIpc) is 2.78. The van der Waals surface area contributed by atoms with Crippen molar-refractivity contribution < 1.29 is 24.2 Å². The standard InChI is InChI=1S/C24H15ClN2O5/c25-18-5-3-4-16(13-18)24(31)32-19-10-8-15(9-11-19)12-17(14-26)22(28)27-21-7-2-1-6-20(21)23(29)30/h1-13H,(H,27,28)(H,29,30)/b17-12+. The number of ether oxygens (including phenoxy) is 1. The predicted octanol–water partition coefficient (Wildman–Crippen LogP) is 4.80. The van der Waals surface area contributed by atoms with E-state index in [1.165, 1.54) is 42.5 Å². The van der Waals surface area contributed by atoms with Gasteiger partial charge in [-0.2, -0.15) is 5.26 Å². The van der Waals surface area contributed by atoms with Crippen molar-refractivity contribution in [3.63, 3.8) is 0 Å². The number of amides is 1. The molecule has 158 valence electrons. The number of carbonyl (C=O) groups excluding carboxylic acids is 2. The van der Waals surface area contributed by atoms with Gasteiger partial charge in [-0.1, -0.05) is 41.9 Å².